The third kappa shape index (κ3) is 4.71. The maximum Gasteiger partial charge on any atom is 0.196 e. The highest BCUT2D eigenvalue weighted by molar-refractivity contribution is 7.26. The Morgan fingerprint density at radius 1 is 0.673 bits per heavy atom. The van der Waals surface area contributed by atoms with Crippen molar-refractivity contribution < 1.29 is 4.74 Å². The van der Waals surface area contributed by atoms with E-state index in [1.54, 1.807) is 0 Å². The van der Waals surface area contributed by atoms with Crippen LogP contribution in [-0.2, 0) is 4.74 Å². The highest BCUT2D eigenvalue weighted by Crippen LogP contribution is 2.49. The van der Waals surface area contributed by atoms with Gasteiger partial charge in [0.05, 0.1) is 11.4 Å². The number of anilines is 3. The summed E-state index contributed by atoms with van der Waals surface area (Å²) >= 11 is 1.86. The molecule has 2 heterocycles. The van der Waals surface area contributed by atoms with Gasteiger partial charge in [0.25, 0.3) is 0 Å². The third-order valence-corrected chi connectivity index (χ3v) is 11.1. The van der Waals surface area contributed by atoms with E-state index in [9.17, 15) is 0 Å². The number of benzene rings is 6. The molecule has 1 N–H and O–H groups in total. The normalized spacial score (nSPS) is 17.6. The van der Waals surface area contributed by atoms with Crippen LogP contribution >= 0.6 is 11.3 Å². The predicted molar refractivity (Wildman–Crippen MR) is 205 cm³/mol. The van der Waals surface area contributed by atoms with E-state index in [-0.39, 0.29) is 12.1 Å². The number of thiophene rings is 1. The van der Waals surface area contributed by atoms with Gasteiger partial charge in [0.1, 0.15) is 5.76 Å². The van der Waals surface area contributed by atoms with Gasteiger partial charge >= 0.3 is 0 Å². The van der Waals surface area contributed by atoms with Crippen LogP contribution in [0.5, 0.6) is 0 Å². The summed E-state index contributed by atoms with van der Waals surface area (Å²) in [6, 6.07) is 52.5. The zero-order valence-electron chi connectivity index (χ0n) is 26.7. The highest BCUT2D eigenvalue weighted by atomic mass is 32.1. The van der Waals surface area contributed by atoms with Gasteiger partial charge in [-0.1, -0.05) is 121 Å². The SMILES string of the molecule is C1=CC2CC=C3NC(c4ccccc4)OC3=C2c2cc(N(c3ccc(-c4ccccc4)cc3)c3cccc4sc5ccccc5c34)ccc21. The average Bonchev–Trinajstić information content (AvgIpc) is 3.78. The fraction of sp³-hybridized carbons (Fsp3) is 0.0667. The number of nitrogens with zero attached hydrogens (tertiary/aromatic N) is 1. The van der Waals surface area contributed by atoms with Gasteiger partial charge < -0.3 is 15.0 Å². The van der Waals surface area contributed by atoms with Crippen LogP contribution in [-0.4, -0.2) is 0 Å². The molecular formula is C45H32N2OS. The van der Waals surface area contributed by atoms with Crippen LogP contribution in [0.3, 0.4) is 0 Å². The van der Waals surface area contributed by atoms with E-state index in [2.05, 4.69) is 168 Å². The van der Waals surface area contributed by atoms with E-state index in [1.165, 1.54) is 53.7 Å². The van der Waals surface area contributed by atoms with Crippen LogP contribution in [0.4, 0.5) is 17.1 Å². The standard InChI is InChI=1S/C45H32N2OS/c1-3-10-29(11-4-1)30-20-24-34(25-21-30)47(39-15-9-17-41-43(39)36-14-7-8-16-40(36)49-41)35-26-22-31-18-19-32-23-27-38-44(42(32)37(31)28-35)48-45(46-38)33-12-5-2-6-13-33/h1-22,24-28,32,45-46H,23H2. The number of rotatable bonds is 5. The molecule has 4 heteroatoms. The molecule has 0 bridgehead atoms. The van der Waals surface area contributed by atoms with E-state index >= 15 is 0 Å². The number of hydrogen-bond donors (Lipinski definition) is 1. The molecule has 3 aliphatic rings. The maximum absolute atomic E-state index is 6.75. The van der Waals surface area contributed by atoms with E-state index < -0.39 is 0 Å². The van der Waals surface area contributed by atoms with Crippen molar-refractivity contribution in [1.29, 1.82) is 0 Å². The van der Waals surface area contributed by atoms with Gasteiger partial charge in [-0.15, -0.1) is 11.3 Å². The van der Waals surface area contributed by atoms with Crippen LogP contribution in [0.15, 0.2) is 169 Å². The van der Waals surface area contributed by atoms with Gasteiger partial charge in [-0.2, -0.15) is 0 Å². The Kier molecular flexibility index (Phi) is 6.56. The summed E-state index contributed by atoms with van der Waals surface area (Å²) in [7, 11) is 0. The van der Waals surface area contributed by atoms with Gasteiger partial charge in [-0.05, 0) is 71.1 Å². The average molecular weight is 649 g/mol. The molecule has 7 aromatic rings. The molecule has 234 valence electrons. The molecule has 10 rings (SSSR count). The number of fused-ring (bicyclic) bond motifs is 7. The van der Waals surface area contributed by atoms with Crippen molar-refractivity contribution in [2.75, 3.05) is 4.90 Å². The molecule has 0 radical (unpaired) electrons. The Labute approximate surface area is 289 Å². The molecule has 1 saturated heterocycles. The molecule has 0 saturated carbocycles. The molecule has 0 spiro atoms. The van der Waals surface area contributed by atoms with Crippen molar-refractivity contribution >= 4 is 60.2 Å². The summed E-state index contributed by atoms with van der Waals surface area (Å²) < 4.78 is 9.34. The smallest absolute Gasteiger partial charge is 0.196 e. The van der Waals surface area contributed by atoms with Crippen LogP contribution < -0.4 is 10.2 Å². The lowest BCUT2D eigenvalue weighted by Crippen LogP contribution is -2.16. The predicted octanol–water partition coefficient (Wildman–Crippen LogP) is 12.2. The van der Waals surface area contributed by atoms with E-state index in [0.717, 1.165) is 34.8 Å². The van der Waals surface area contributed by atoms with Crippen molar-refractivity contribution in [3.8, 4) is 11.1 Å². The zero-order chi connectivity index (χ0) is 32.3. The molecule has 6 aromatic carbocycles. The van der Waals surface area contributed by atoms with Crippen molar-refractivity contribution in [3.05, 3.63) is 186 Å². The van der Waals surface area contributed by atoms with Crippen LogP contribution in [0, 0.1) is 5.92 Å². The number of ether oxygens (including phenoxy) is 1. The monoisotopic (exact) mass is 648 g/mol. The first-order valence-corrected chi connectivity index (χ1v) is 17.7. The lowest BCUT2D eigenvalue weighted by Gasteiger charge is -2.31. The minimum atomic E-state index is -0.199. The molecule has 3 nitrogen and oxygen atoms in total. The molecular weight excluding hydrogens is 617 g/mol. The first-order chi connectivity index (χ1) is 24.3. The Morgan fingerprint density at radius 3 is 2.27 bits per heavy atom. The quantitative estimate of drug-likeness (QED) is 0.201. The summed E-state index contributed by atoms with van der Waals surface area (Å²) in [5.41, 5.74) is 11.8. The molecule has 1 fully saturated rings. The lowest BCUT2D eigenvalue weighted by molar-refractivity contribution is 0.148. The fourth-order valence-electron chi connectivity index (χ4n) is 7.67. The van der Waals surface area contributed by atoms with Crippen LogP contribution in [0.2, 0.25) is 0 Å². The molecule has 2 unspecified atom stereocenters. The number of nitrogens with one attached hydrogen (secondary N) is 1. The Hall–Kier alpha value is -5.84. The number of allylic oxidation sites excluding steroid dienone is 3. The fourth-order valence-corrected chi connectivity index (χ4v) is 8.80. The molecule has 49 heavy (non-hydrogen) atoms. The minimum Gasteiger partial charge on any atom is -0.464 e. The summed E-state index contributed by atoms with van der Waals surface area (Å²) in [6.07, 6.45) is 7.67. The second-order valence-electron chi connectivity index (χ2n) is 12.9. The topological polar surface area (TPSA) is 24.5 Å². The summed E-state index contributed by atoms with van der Waals surface area (Å²) in [4.78, 5) is 2.44. The first kappa shape index (κ1) is 28.2. The van der Waals surface area contributed by atoms with Crippen LogP contribution in [0.1, 0.15) is 29.3 Å². The van der Waals surface area contributed by atoms with Crippen molar-refractivity contribution in [1.82, 2.24) is 5.32 Å². The van der Waals surface area contributed by atoms with E-state index in [1.807, 2.05) is 17.4 Å². The van der Waals surface area contributed by atoms with Gasteiger partial charge in [-0.25, -0.2) is 0 Å². The van der Waals surface area contributed by atoms with Crippen molar-refractivity contribution in [3.63, 3.8) is 0 Å². The zero-order valence-corrected chi connectivity index (χ0v) is 27.5. The molecule has 2 atom stereocenters. The Morgan fingerprint density at radius 2 is 1.41 bits per heavy atom. The van der Waals surface area contributed by atoms with Gasteiger partial charge in [-0.3, -0.25) is 0 Å². The van der Waals surface area contributed by atoms with Crippen molar-refractivity contribution in [2.24, 2.45) is 5.92 Å². The van der Waals surface area contributed by atoms with Gasteiger partial charge in [0.2, 0.25) is 0 Å². The lowest BCUT2D eigenvalue weighted by atomic mass is 9.79. The molecule has 2 aliphatic carbocycles. The van der Waals surface area contributed by atoms with E-state index in [0.29, 0.717) is 0 Å². The highest BCUT2D eigenvalue weighted by Gasteiger charge is 2.36. The molecule has 1 aromatic heterocycles. The molecule has 1 aliphatic heterocycles. The first-order valence-electron chi connectivity index (χ1n) is 16.9. The second-order valence-corrected chi connectivity index (χ2v) is 14.0. The minimum absolute atomic E-state index is 0.199. The Balaban J connectivity index is 1.15. The molecule has 0 amide bonds. The largest absolute Gasteiger partial charge is 0.464 e. The second kappa shape index (κ2) is 11.4. The van der Waals surface area contributed by atoms with Gasteiger partial charge in [0.15, 0.2) is 6.23 Å². The summed E-state index contributed by atoms with van der Waals surface area (Å²) in [5.74, 6) is 1.23. The number of hydrogen-bond acceptors (Lipinski definition) is 4. The Bertz CT molecular complexity index is 2470. The summed E-state index contributed by atoms with van der Waals surface area (Å²) in [5, 5.41) is 6.23. The van der Waals surface area contributed by atoms with Crippen LogP contribution in [0.25, 0.3) is 42.9 Å². The summed E-state index contributed by atoms with van der Waals surface area (Å²) in [6.45, 7) is 0. The third-order valence-electron chi connectivity index (χ3n) is 10.0. The van der Waals surface area contributed by atoms with Gasteiger partial charge in [0, 0.05) is 48.6 Å². The van der Waals surface area contributed by atoms with Crippen molar-refractivity contribution in [2.45, 2.75) is 12.6 Å². The maximum atomic E-state index is 6.75. The van der Waals surface area contributed by atoms with E-state index in [4.69, 9.17) is 4.74 Å².